The maximum atomic E-state index is 12.2. The lowest BCUT2D eigenvalue weighted by Crippen LogP contribution is -2.44. The molecule has 1 aromatic carbocycles. The first-order valence-electron chi connectivity index (χ1n) is 8.96. The van der Waals surface area contributed by atoms with E-state index in [0.29, 0.717) is 18.1 Å². The van der Waals surface area contributed by atoms with Crippen LogP contribution in [0.1, 0.15) is 25.3 Å². The average Bonchev–Trinajstić information content (AvgIpc) is 3.17. The number of halogens is 4. The molecule has 1 amide bonds. The predicted molar refractivity (Wildman–Crippen MR) is 112 cm³/mol. The van der Waals surface area contributed by atoms with Crippen LogP contribution in [0.5, 0.6) is 5.75 Å². The van der Waals surface area contributed by atoms with Gasteiger partial charge in [0, 0.05) is 19.6 Å². The first-order chi connectivity index (χ1) is 12.9. The summed E-state index contributed by atoms with van der Waals surface area (Å²) >= 11 is 0. The molecule has 0 radical (unpaired) electrons. The van der Waals surface area contributed by atoms with Crippen molar-refractivity contribution in [2.75, 3.05) is 32.8 Å². The Balaban J connectivity index is 0.00000392. The van der Waals surface area contributed by atoms with E-state index < -0.39 is 12.8 Å². The third kappa shape index (κ3) is 8.98. The molecule has 1 fully saturated rings. The van der Waals surface area contributed by atoms with Gasteiger partial charge in [-0.15, -0.1) is 24.0 Å². The zero-order valence-electron chi connectivity index (χ0n) is 15.7. The molecule has 0 bridgehead atoms. The molecule has 10 heteroatoms. The minimum atomic E-state index is -4.38. The van der Waals surface area contributed by atoms with E-state index in [1.54, 1.807) is 12.1 Å². The summed E-state index contributed by atoms with van der Waals surface area (Å²) in [7, 11) is 0. The van der Waals surface area contributed by atoms with E-state index in [2.05, 4.69) is 15.6 Å². The Bertz CT molecular complexity index is 650. The Hall–Kier alpha value is -1.72. The van der Waals surface area contributed by atoms with Crippen LogP contribution in [0.15, 0.2) is 29.3 Å². The number of hydrogen-bond donors (Lipinski definition) is 2. The van der Waals surface area contributed by atoms with Crippen LogP contribution >= 0.6 is 24.0 Å². The second kappa shape index (κ2) is 12.0. The molecule has 0 saturated carbocycles. The summed E-state index contributed by atoms with van der Waals surface area (Å²) in [5, 5.41) is 6.04. The van der Waals surface area contributed by atoms with Crippen LogP contribution in [-0.2, 0) is 11.3 Å². The Morgan fingerprint density at radius 2 is 1.96 bits per heavy atom. The first kappa shape index (κ1) is 24.3. The lowest BCUT2D eigenvalue weighted by molar-refractivity contribution is -0.153. The summed E-state index contributed by atoms with van der Waals surface area (Å²) in [4.78, 5) is 18.3. The second-order valence-electron chi connectivity index (χ2n) is 6.19. The average molecular weight is 514 g/mol. The number of nitrogens with one attached hydrogen (secondary N) is 2. The highest BCUT2D eigenvalue weighted by atomic mass is 127. The van der Waals surface area contributed by atoms with Gasteiger partial charge in [-0.2, -0.15) is 13.2 Å². The number of nitrogens with zero attached hydrogens (tertiary/aromatic N) is 2. The van der Waals surface area contributed by atoms with Gasteiger partial charge in [0.2, 0.25) is 5.91 Å². The summed E-state index contributed by atoms with van der Waals surface area (Å²) in [5.74, 6) is 0.648. The molecule has 28 heavy (non-hydrogen) atoms. The molecule has 2 rings (SSSR count). The van der Waals surface area contributed by atoms with Gasteiger partial charge in [0.1, 0.15) is 5.75 Å². The quantitative estimate of drug-likeness (QED) is 0.334. The van der Waals surface area contributed by atoms with Gasteiger partial charge >= 0.3 is 6.18 Å². The lowest BCUT2D eigenvalue weighted by Gasteiger charge is -2.17. The van der Waals surface area contributed by atoms with E-state index in [-0.39, 0.29) is 48.7 Å². The van der Waals surface area contributed by atoms with Crippen LogP contribution in [0.4, 0.5) is 13.2 Å². The summed E-state index contributed by atoms with van der Waals surface area (Å²) in [6, 6.07) is 6.36. The van der Waals surface area contributed by atoms with Crippen molar-refractivity contribution in [1.29, 1.82) is 0 Å². The van der Waals surface area contributed by atoms with Crippen LogP contribution in [0.2, 0.25) is 0 Å². The predicted octanol–water partition coefficient (Wildman–Crippen LogP) is 2.92. The Labute approximate surface area is 179 Å². The number of benzene rings is 1. The van der Waals surface area contributed by atoms with E-state index in [4.69, 9.17) is 4.74 Å². The van der Waals surface area contributed by atoms with Crippen LogP contribution < -0.4 is 15.4 Å². The summed E-state index contributed by atoms with van der Waals surface area (Å²) in [6.07, 6.45) is -2.31. The molecule has 6 nitrogen and oxygen atoms in total. The number of alkyl halides is 3. The van der Waals surface area contributed by atoms with Crippen molar-refractivity contribution < 1.29 is 22.7 Å². The van der Waals surface area contributed by atoms with Crippen molar-refractivity contribution >= 4 is 35.8 Å². The fourth-order valence-corrected chi connectivity index (χ4v) is 2.65. The van der Waals surface area contributed by atoms with Crippen LogP contribution in [0, 0.1) is 0 Å². The summed E-state index contributed by atoms with van der Waals surface area (Å²) < 4.78 is 41.5. The standard InChI is InChI=1S/C18H25F3N4O2.HI/c1-2-22-17(24-12-16(26)25-8-3-4-9-25)23-11-14-6-5-7-15(10-14)27-13-18(19,20)21;/h5-7,10H,2-4,8-9,11-13H2,1H3,(H2,22,23,24);1H. The molecular weight excluding hydrogens is 488 g/mol. The van der Waals surface area contributed by atoms with Crippen molar-refractivity contribution in [3.63, 3.8) is 0 Å². The van der Waals surface area contributed by atoms with E-state index in [1.807, 2.05) is 11.8 Å². The molecule has 0 aromatic heterocycles. The normalized spacial score (nSPS) is 14.4. The Morgan fingerprint density at radius 1 is 1.25 bits per heavy atom. The third-order valence-corrected chi connectivity index (χ3v) is 3.93. The number of guanidine groups is 1. The van der Waals surface area contributed by atoms with Gasteiger partial charge in [0.05, 0.1) is 13.1 Å². The third-order valence-electron chi connectivity index (χ3n) is 3.93. The van der Waals surface area contributed by atoms with E-state index in [9.17, 15) is 18.0 Å². The van der Waals surface area contributed by atoms with E-state index in [1.165, 1.54) is 12.1 Å². The summed E-state index contributed by atoms with van der Waals surface area (Å²) in [6.45, 7) is 3.18. The number of amides is 1. The number of rotatable bonds is 7. The molecule has 1 aromatic rings. The maximum Gasteiger partial charge on any atom is 0.422 e. The molecule has 1 aliphatic rings. The highest BCUT2D eigenvalue weighted by molar-refractivity contribution is 14.0. The highest BCUT2D eigenvalue weighted by Crippen LogP contribution is 2.19. The van der Waals surface area contributed by atoms with Gasteiger partial charge in [0.15, 0.2) is 12.6 Å². The number of likely N-dealkylation sites (tertiary alicyclic amines) is 1. The van der Waals surface area contributed by atoms with Crippen molar-refractivity contribution in [3.8, 4) is 5.75 Å². The Kier molecular flexibility index (Phi) is 10.4. The topological polar surface area (TPSA) is 66.0 Å². The second-order valence-corrected chi connectivity index (χ2v) is 6.19. The van der Waals surface area contributed by atoms with E-state index in [0.717, 1.165) is 25.9 Å². The SMILES string of the molecule is CCNC(=NCc1cccc(OCC(F)(F)F)c1)NCC(=O)N1CCCC1.I. The van der Waals surface area contributed by atoms with Crippen molar-refractivity contribution in [3.05, 3.63) is 29.8 Å². The van der Waals surface area contributed by atoms with Crippen molar-refractivity contribution in [1.82, 2.24) is 15.5 Å². The maximum absolute atomic E-state index is 12.2. The molecular formula is C18H26F3IN4O2. The smallest absolute Gasteiger partial charge is 0.422 e. The lowest BCUT2D eigenvalue weighted by atomic mass is 10.2. The molecule has 1 aliphatic heterocycles. The summed E-state index contributed by atoms with van der Waals surface area (Å²) in [5.41, 5.74) is 0.706. The molecule has 0 unspecified atom stereocenters. The number of carbonyl (C=O) groups is 1. The minimum absolute atomic E-state index is 0. The monoisotopic (exact) mass is 514 g/mol. The Morgan fingerprint density at radius 3 is 2.61 bits per heavy atom. The zero-order valence-corrected chi connectivity index (χ0v) is 18.0. The van der Waals surface area contributed by atoms with Crippen LogP contribution in [0.25, 0.3) is 0 Å². The molecule has 0 spiro atoms. The van der Waals surface area contributed by atoms with Crippen LogP contribution in [0.3, 0.4) is 0 Å². The van der Waals surface area contributed by atoms with Gasteiger partial charge in [-0.1, -0.05) is 12.1 Å². The van der Waals surface area contributed by atoms with E-state index >= 15 is 0 Å². The minimum Gasteiger partial charge on any atom is -0.484 e. The molecule has 158 valence electrons. The molecule has 1 heterocycles. The number of carbonyl (C=O) groups excluding carboxylic acids is 1. The van der Waals surface area contributed by atoms with Crippen LogP contribution in [-0.4, -0.2) is 55.7 Å². The zero-order chi connectivity index (χ0) is 19.7. The molecule has 0 atom stereocenters. The van der Waals surface area contributed by atoms with Crippen molar-refractivity contribution in [2.45, 2.75) is 32.5 Å². The van der Waals surface area contributed by atoms with Gasteiger partial charge in [0.25, 0.3) is 0 Å². The fourth-order valence-electron chi connectivity index (χ4n) is 2.65. The largest absolute Gasteiger partial charge is 0.484 e. The van der Waals surface area contributed by atoms with Gasteiger partial charge in [-0.25, -0.2) is 4.99 Å². The van der Waals surface area contributed by atoms with Gasteiger partial charge < -0.3 is 20.3 Å². The fraction of sp³-hybridized carbons (Fsp3) is 0.556. The number of hydrogen-bond acceptors (Lipinski definition) is 3. The van der Waals surface area contributed by atoms with Crippen molar-refractivity contribution in [2.24, 2.45) is 4.99 Å². The number of aliphatic imine (C=N–C) groups is 1. The van der Waals surface area contributed by atoms with Gasteiger partial charge in [-0.05, 0) is 37.5 Å². The molecule has 2 N–H and O–H groups in total. The number of ether oxygens (including phenoxy) is 1. The van der Waals surface area contributed by atoms with Gasteiger partial charge in [-0.3, -0.25) is 4.79 Å². The molecule has 1 saturated heterocycles. The molecule has 0 aliphatic carbocycles. The highest BCUT2D eigenvalue weighted by Gasteiger charge is 2.28. The first-order valence-corrected chi connectivity index (χ1v) is 8.96.